The molecule has 7 heteroatoms. The molecule has 0 atom stereocenters. The number of H-pyrrole nitrogens is 1. The van der Waals surface area contributed by atoms with E-state index in [1.807, 2.05) is 31.3 Å². The Morgan fingerprint density at radius 3 is 2.70 bits per heavy atom. The second-order valence-electron chi connectivity index (χ2n) is 6.92. The Bertz CT molecular complexity index is 984. The van der Waals surface area contributed by atoms with Gasteiger partial charge in [-0.3, -0.25) is 9.79 Å². The largest absolute Gasteiger partial charge is 0.361 e. The molecule has 0 radical (unpaired) electrons. The number of hydrogen-bond donors (Lipinski definition) is 4. The molecule has 0 saturated carbocycles. The van der Waals surface area contributed by atoms with Crippen molar-refractivity contribution in [3.05, 3.63) is 71.7 Å². The van der Waals surface area contributed by atoms with Gasteiger partial charge in [-0.25, -0.2) is 4.39 Å². The summed E-state index contributed by atoms with van der Waals surface area (Å²) >= 11 is 0. The number of amides is 1. The summed E-state index contributed by atoms with van der Waals surface area (Å²) in [6.45, 7) is 4.62. The van der Waals surface area contributed by atoms with Gasteiger partial charge < -0.3 is 20.9 Å². The number of aliphatic imine (C=N–C) groups is 1. The minimum Gasteiger partial charge on any atom is -0.361 e. The molecule has 1 heterocycles. The summed E-state index contributed by atoms with van der Waals surface area (Å²) in [4.78, 5) is 19.7. The summed E-state index contributed by atoms with van der Waals surface area (Å²) in [6, 6.07) is 13.9. The van der Waals surface area contributed by atoms with Gasteiger partial charge >= 0.3 is 0 Å². The summed E-state index contributed by atoms with van der Waals surface area (Å²) in [5, 5.41) is 10.3. The van der Waals surface area contributed by atoms with Gasteiger partial charge in [0.1, 0.15) is 5.82 Å². The van der Waals surface area contributed by atoms with Gasteiger partial charge in [-0.05, 0) is 55.7 Å². The average molecular weight is 410 g/mol. The van der Waals surface area contributed by atoms with Crippen LogP contribution in [0.1, 0.15) is 29.3 Å². The molecular formula is C23H28FN5O. The number of carbonyl (C=O) groups excluding carboxylic acids is 1. The predicted octanol–water partition coefficient (Wildman–Crippen LogP) is 3.22. The third-order valence-corrected chi connectivity index (χ3v) is 4.69. The first-order chi connectivity index (χ1) is 14.7. The van der Waals surface area contributed by atoms with E-state index in [0.717, 1.165) is 41.8 Å². The lowest BCUT2D eigenvalue weighted by Crippen LogP contribution is -2.38. The smallest absolute Gasteiger partial charge is 0.251 e. The van der Waals surface area contributed by atoms with E-state index in [1.165, 1.54) is 6.07 Å². The molecule has 3 aromatic rings. The monoisotopic (exact) mass is 409 g/mol. The summed E-state index contributed by atoms with van der Waals surface area (Å²) in [7, 11) is 0. The van der Waals surface area contributed by atoms with Crippen molar-refractivity contribution in [2.75, 3.05) is 26.2 Å². The Balaban J connectivity index is 1.42. The van der Waals surface area contributed by atoms with Crippen LogP contribution in [0, 0.1) is 5.82 Å². The van der Waals surface area contributed by atoms with Gasteiger partial charge in [-0.15, -0.1) is 0 Å². The molecule has 0 aliphatic carbocycles. The molecule has 30 heavy (non-hydrogen) atoms. The highest BCUT2D eigenvalue weighted by atomic mass is 19.1. The second kappa shape index (κ2) is 11.0. The Hall–Kier alpha value is -3.35. The van der Waals surface area contributed by atoms with Crippen molar-refractivity contribution in [1.29, 1.82) is 0 Å². The molecule has 2 aromatic carbocycles. The minimum atomic E-state index is -0.231. The van der Waals surface area contributed by atoms with Gasteiger partial charge in [0.25, 0.3) is 5.91 Å². The summed E-state index contributed by atoms with van der Waals surface area (Å²) in [6.07, 6.45) is 3.42. The fourth-order valence-corrected chi connectivity index (χ4v) is 3.18. The van der Waals surface area contributed by atoms with E-state index in [4.69, 9.17) is 0 Å². The van der Waals surface area contributed by atoms with E-state index in [0.29, 0.717) is 25.2 Å². The Morgan fingerprint density at radius 2 is 1.90 bits per heavy atom. The zero-order valence-corrected chi connectivity index (χ0v) is 17.2. The van der Waals surface area contributed by atoms with E-state index in [-0.39, 0.29) is 11.7 Å². The van der Waals surface area contributed by atoms with Gasteiger partial charge in [0, 0.05) is 48.8 Å². The SMILES string of the molecule is CCNC(=NCCCNC(=O)c1ccccc1)NCCc1c[nH]c2ccc(F)cc12. The van der Waals surface area contributed by atoms with Crippen molar-refractivity contribution < 1.29 is 9.18 Å². The Labute approximate surface area is 176 Å². The molecule has 0 saturated heterocycles. The number of halogens is 1. The minimum absolute atomic E-state index is 0.0697. The number of carbonyl (C=O) groups is 1. The average Bonchev–Trinajstić information content (AvgIpc) is 3.16. The van der Waals surface area contributed by atoms with Crippen LogP contribution in [0.25, 0.3) is 10.9 Å². The van der Waals surface area contributed by atoms with E-state index in [2.05, 4.69) is 25.9 Å². The summed E-state index contributed by atoms with van der Waals surface area (Å²) in [5.74, 6) is 0.434. The lowest BCUT2D eigenvalue weighted by atomic mass is 10.1. The molecule has 0 aliphatic heterocycles. The van der Waals surface area contributed by atoms with Crippen molar-refractivity contribution >= 4 is 22.8 Å². The van der Waals surface area contributed by atoms with E-state index < -0.39 is 0 Å². The van der Waals surface area contributed by atoms with Crippen molar-refractivity contribution in [1.82, 2.24) is 20.9 Å². The number of aromatic nitrogens is 1. The van der Waals surface area contributed by atoms with Crippen LogP contribution in [-0.4, -0.2) is 43.0 Å². The summed E-state index contributed by atoms with van der Waals surface area (Å²) < 4.78 is 13.5. The fraction of sp³-hybridized carbons (Fsp3) is 0.304. The molecule has 0 fully saturated rings. The van der Waals surface area contributed by atoms with E-state index >= 15 is 0 Å². The molecule has 158 valence electrons. The Kier molecular flexibility index (Phi) is 7.83. The number of guanidine groups is 1. The molecule has 0 spiro atoms. The molecule has 0 aliphatic rings. The number of rotatable bonds is 9. The third-order valence-electron chi connectivity index (χ3n) is 4.69. The number of hydrogen-bond acceptors (Lipinski definition) is 2. The quantitative estimate of drug-likeness (QED) is 0.249. The number of nitrogens with zero attached hydrogens (tertiary/aromatic N) is 1. The maximum atomic E-state index is 13.5. The molecule has 1 aromatic heterocycles. The van der Waals surface area contributed by atoms with Crippen molar-refractivity contribution in [3.63, 3.8) is 0 Å². The summed E-state index contributed by atoms with van der Waals surface area (Å²) in [5.41, 5.74) is 2.66. The molecule has 0 unspecified atom stereocenters. The topological polar surface area (TPSA) is 81.3 Å². The van der Waals surface area contributed by atoms with Gasteiger partial charge in [-0.1, -0.05) is 18.2 Å². The zero-order chi connectivity index (χ0) is 21.2. The molecule has 0 bridgehead atoms. The van der Waals surface area contributed by atoms with Crippen LogP contribution >= 0.6 is 0 Å². The fourth-order valence-electron chi connectivity index (χ4n) is 3.18. The number of fused-ring (bicyclic) bond motifs is 1. The van der Waals surface area contributed by atoms with Crippen LogP contribution in [0.15, 0.2) is 59.7 Å². The lowest BCUT2D eigenvalue weighted by Gasteiger charge is -2.11. The first kappa shape index (κ1) is 21.4. The van der Waals surface area contributed by atoms with Gasteiger partial charge in [0.2, 0.25) is 0 Å². The lowest BCUT2D eigenvalue weighted by molar-refractivity contribution is 0.0953. The van der Waals surface area contributed by atoms with E-state index in [1.54, 1.807) is 24.3 Å². The van der Waals surface area contributed by atoms with Gasteiger partial charge in [0.15, 0.2) is 5.96 Å². The zero-order valence-electron chi connectivity index (χ0n) is 17.2. The first-order valence-corrected chi connectivity index (χ1v) is 10.3. The van der Waals surface area contributed by atoms with Gasteiger partial charge in [0.05, 0.1) is 0 Å². The van der Waals surface area contributed by atoms with Crippen LogP contribution in [0.4, 0.5) is 4.39 Å². The number of aromatic amines is 1. The van der Waals surface area contributed by atoms with Crippen molar-refractivity contribution in [2.45, 2.75) is 19.8 Å². The maximum absolute atomic E-state index is 13.5. The predicted molar refractivity (Wildman–Crippen MR) is 119 cm³/mol. The van der Waals surface area contributed by atoms with Crippen LogP contribution < -0.4 is 16.0 Å². The normalized spacial score (nSPS) is 11.5. The van der Waals surface area contributed by atoms with Crippen LogP contribution in [0.3, 0.4) is 0 Å². The Morgan fingerprint density at radius 1 is 1.07 bits per heavy atom. The highest BCUT2D eigenvalue weighted by Gasteiger charge is 2.06. The maximum Gasteiger partial charge on any atom is 0.251 e. The third kappa shape index (κ3) is 6.07. The highest BCUT2D eigenvalue weighted by molar-refractivity contribution is 5.94. The van der Waals surface area contributed by atoms with Crippen LogP contribution in [-0.2, 0) is 6.42 Å². The standard InChI is InChI=1S/C23H28FN5O/c1-2-25-23(27-13-6-12-26-22(30)17-7-4-3-5-8-17)28-14-11-18-16-29-21-10-9-19(24)15-20(18)21/h3-5,7-10,15-16,29H,2,6,11-14H2,1H3,(H,26,30)(H2,25,27,28). The van der Waals surface area contributed by atoms with Crippen LogP contribution in [0.5, 0.6) is 0 Å². The van der Waals surface area contributed by atoms with Crippen molar-refractivity contribution in [3.8, 4) is 0 Å². The molecule has 3 rings (SSSR count). The second-order valence-corrected chi connectivity index (χ2v) is 6.92. The molecule has 1 amide bonds. The molecule has 4 N–H and O–H groups in total. The highest BCUT2D eigenvalue weighted by Crippen LogP contribution is 2.19. The molecule has 6 nitrogen and oxygen atoms in total. The van der Waals surface area contributed by atoms with Crippen molar-refractivity contribution in [2.24, 2.45) is 4.99 Å². The van der Waals surface area contributed by atoms with Crippen LogP contribution in [0.2, 0.25) is 0 Å². The number of benzene rings is 2. The molecular weight excluding hydrogens is 381 g/mol. The van der Waals surface area contributed by atoms with E-state index in [9.17, 15) is 9.18 Å². The number of nitrogens with one attached hydrogen (secondary N) is 4. The van der Waals surface area contributed by atoms with Gasteiger partial charge in [-0.2, -0.15) is 0 Å². The first-order valence-electron chi connectivity index (χ1n) is 10.3.